The number of fused-ring (bicyclic) bond motifs is 1. The van der Waals surface area contributed by atoms with Gasteiger partial charge in [0.15, 0.2) is 11.6 Å². The van der Waals surface area contributed by atoms with Gasteiger partial charge in [-0.1, -0.05) is 0 Å². The molecule has 5 rings (SSSR count). The molecule has 4 aromatic rings. The van der Waals surface area contributed by atoms with Crippen molar-refractivity contribution < 1.29 is 4.39 Å². The molecule has 0 bridgehead atoms. The second-order valence-electron chi connectivity index (χ2n) is 7.49. The van der Waals surface area contributed by atoms with Gasteiger partial charge in [0, 0.05) is 24.9 Å². The maximum atomic E-state index is 14.7. The van der Waals surface area contributed by atoms with E-state index in [-0.39, 0.29) is 17.6 Å². The number of halogens is 1. The first kappa shape index (κ1) is 17.6. The molecule has 148 valence electrons. The summed E-state index contributed by atoms with van der Waals surface area (Å²) in [5.74, 6) is -0.0574. The summed E-state index contributed by atoms with van der Waals surface area (Å²) >= 11 is 0. The van der Waals surface area contributed by atoms with Crippen LogP contribution in [0.3, 0.4) is 0 Å². The van der Waals surface area contributed by atoms with Crippen LogP contribution < -0.4 is 10.6 Å². The first-order valence-electron chi connectivity index (χ1n) is 9.57. The van der Waals surface area contributed by atoms with Gasteiger partial charge in [-0.25, -0.2) is 14.4 Å². The highest BCUT2D eigenvalue weighted by Gasteiger charge is 2.27. The lowest BCUT2D eigenvalue weighted by molar-refractivity contribution is 0.618. The standard InChI is InChI=1S/C20H21FN8/c1-10(12-5-6-13-14(24-12)7-8-23-13)29(2)20-25-18(17(21)19(22)26-20)16-9-15(27-28-16)11-3-4-11/h5-11,23H,3-4H2,1-2H3,(H,27,28)(H2,22,25,26). The average Bonchev–Trinajstić information content (AvgIpc) is 3.27. The van der Waals surface area contributed by atoms with Crippen LogP contribution in [0.15, 0.2) is 30.5 Å². The van der Waals surface area contributed by atoms with Crippen LogP contribution in [0.5, 0.6) is 0 Å². The number of nitrogen functional groups attached to an aromatic ring is 1. The Morgan fingerprint density at radius 2 is 2.03 bits per heavy atom. The van der Waals surface area contributed by atoms with E-state index >= 15 is 0 Å². The topological polar surface area (TPSA) is 112 Å². The van der Waals surface area contributed by atoms with Gasteiger partial charge >= 0.3 is 0 Å². The Bertz CT molecular complexity index is 1190. The van der Waals surface area contributed by atoms with E-state index in [1.165, 1.54) is 0 Å². The minimum atomic E-state index is -0.657. The van der Waals surface area contributed by atoms with Crippen LogP contribution in [0.2, 0.25) is 0 Å². The summed E-state index contributed by atoms with van der Waals surface area (Å²) in [6.45, 7) is 1.99. The largest absolute Gasteiger partial charge is 0.381 e. The van der Waals surface area contributed by atoms with Crippen LogP contribution in [0.25, 0.3) is 22.4 Å². The van der Waals surface area contributed by atoms with E-state index in [1.807, 2.05) is 49.3 Å². The molecule has 1 fully saturated rings. The minimum absolute atomic E-state index is 0.101. The van der Waals surface area contributed by atoms with Gasteiger partial charge in [-0.15, -0.1) is 0 Å². The van der Waals surface area contributed by atoms with Crippen molar-refractivity contribution >= 4 is 22.8 Å². The summed E-state index contributed by atoms with van der Waals surface area (Å²) in [7, 11) is 1.84. The highest BCUT2D eigenvalue weighted by atomic mass is 19.1. The SMILES string of the molecule is CC(c1ccc2[nH]ccc2n1)N(C)c1nc(N)c(F)c(-c2cc(C3CC3)[nH]n2)n1. The first-order chi connectivity index (χ1) is 14.0. The highest BCUT2D eigenvalue weighted by molar-refractivity contribution is 5.74. The van der Waals surface area contributed by atoms with Crippen molar-refractivity contribution in [2.24, 2.45) is 0 Å². The molecule has 9 heteroatoms. The molecule has 1 aliphatic carbocycles. The van der Waals surface area contributed by atoms with E-state index < -0.39 is 5.82 Å². The fourth-order valence-electron chi connectivity index (χ4n) is 3.40. The van der Waals surface area contributed by atoms with Crippen LogP contribution in [-0.4, -0.2) is 37.2 Å². The van der Waals surface area contributed by atoms with Crippen LogP contribution in [0, 0.1) is 5.82 Å². The molecule has 1 unspecified atom stereocenters. The van der Waals surface area contributed by atoms with Crippen molar-refractivity contribution in [1.29, 1.82) is 0 Å². The quantitative estimate of drug-likeness (QED) is 0.479. The van der Waals surface area contributed by atoms with E-state index in [1.54, 1.807) is 0 Å². The third kappa shape index (κ3) is 3.08. The van der Waals surface area contributed by atoms with Crippen molar-refractivity contribution in [3.63, 3.8) is 0 Å². The predicted molar refractivity (Wildman–Crippen MR) is 109 cm³/mol. The molecular formula is C20H21FN8. The van der Waals surface area contributed by atoms with Crippen molar-refractivity contribution in [3.05, 3.63) is 47.7 Å². The molecule has 4 heterocycles. The number of pyridine rings is 1. The Kier molecular flexibility index (Phi) is 3.97. The molecule has 0 spiro atoms. The van der Waals surface area contributed by atoms with E-state index in [0.717, 1.165) is 35.3 Å². The smallest absolute Gasteiger partial charge is 0.228 e. The number of aromatic nitrogens is 6. The molecule has 8 nitrogen and oxygen atoms in total. The number of hydrogen-bond donors (Lipinski definition) is 3. The second kappa shape index (κ2) is 6.54. The molecule has 1 aliphatic rings. The molecule has 0 saturated heterocycles. The molecule has 1 atom stereocenters. The minimum Gasteiger partial charge on any atom is -0.381 e. The predicted octanol–water partition coefficient (Wildman–Crippen LogP) is 3.54. The summed E-state index contributed by atoms with van der Waals surface area (Å²) in [5.41, 5.74) is 10.1. The molecule has 0 aromatic carbocycles. The molecule has 0 radical (unpaired) electrons. The summed E-state index contributed by atoms with van der Waals surface area (Å²) in [6.07, 6.45) is 4.10. The molecule has 0 aliphatic heterocycles. The van der Waals surface area contributed by atoms with Crippen molar-refractivity contribution in [1.82, 2.24) is 30.1 Å². The van der Waals surface area contributed by atoms with Crippen molar-refractivity contribution in [3.8, 4) is 11.4 Å². The van der Waals surface area contributed by atoms with E-state index in [9.17, 15) is 4.39 Å². The van der Waals surface area contributed by atoms with Crippen LogP contribution >= 0.6 is 0 Å². The molecule has 1 saturated carbocycles. The van der Waals surface area contributed by atoms with E-state index in [0.29, 0.717) is 17.6 Å². The maximum Gasteiger partial charge on any atom is 0.228 e. The van der Waals surface area contributed by atoms with E-state index in [4.69, 9.17) is 5.73 Å². The second-order valence-corrected chi connectivity index (χ2v) is 7.49. The lowest BCUT2D eigenvalue weighted by Gasteiger charge is -2.25. The zero-order valence-corrected chi connectivity index (χ0v) is 16.1. The van der Waals surface area contributed by atoms with Crippen LogP contribution in [0.1, 0.15) is 43.1 Å². The summed E-state index contributed by atoms with van der Waals surface area (Å²) in [6, 6.07) is 7.55. The van der Waals surface area contributed by atoms with Gasteiger partial charge in [-0.2, -0.15) is 10.1 Å². The number of rotatable bonds is 5. The zero-order chi connectivity index (χ0) is 20.1. The molecule has 0 amide bonds. The monoisotopic (exact) mass is 392 g/mol. The summed E-state index contributed by atoms with van der Waals surface area (Å²) < 4.78 is 14.7. The number of nitrogens with zero attached hydrogens (tertiary/aromatic N) is 5. The first-order valence-corrected chi connectivity index (χ1v) is 9.57. The van der Waals surface area contributed by atoms with Crippen LogP contribution in [-0.2, 0) is 0 Å². The van der Waals surface area contributed by atoms with Gasteiger partial charge in [0.05, 0.1) is 22.8 Å². The Morgan fingerprint density at radius 1 is 1.21 bits per heavy atom. The normalized spacial score (nSPS) is 15.0. The summed E-state index contributed by atoms with van der Waals surface area (Å²) in [4.78, 5) is 18.2. The van der Waals surface area contributed by atoms with Gasteiger partial charge in [0.1, 0.15) is 11.4 Å². The van der Waals surface area contributed by atoms with Gasteiger partial charge in [0.2, 0.25) is 5.95 Å². The van der Waals surface area contributed by atoms with Gasteiger partial charge in [0.25, 0.3) is 0 Å². The highest BCUT2D eigenvalue weighted by Crippen LogP contribution is 2.40. The van der Waals surface area contributed by atoms with Crippen molar-refractivity contribution in [2.75, 3.05) is 17.7 Å². The number of hydrogen-bond acceptors (Lipinski definition) is 6. The van der Waals surface area contributed by atoms with Crippen molar-refractivity contribution in [2.45, 2.75) is 31.7 Å². The maximum absolute atomic E-state index is 14.7. The zero-order valence-electron chi connectivity index (χ0n) is 16.1. The lowest BCUT2D eigenvalue weighted by Crippen LogP contribution is -2.25. The Hall–Kier alpha value is -3.49. The van der Waals surface area contributed by atoms with Gasteiger partial charge < -0.3 is 15.6 Å². The third-order valence-electron chi connectivity index (χ3n) is 5.47. The number of nitrogens with two attached hydrogens (primary N) is 1. The Morgan fingerprint density at radius 3 is 2.83 bits per heavy atom. The lowest BCUT2D eigenvalue weighted by atomic mass is 10.2. The number of H-pyrrole nitrogens is 2. The third-order valence-corrected chi connectivity index (χ3v) is 5.47. The molecule has 4 aromatic heterocycles. The number of anilines is 2. The number of aromatic amines is 2. The Labute approximate surface area is 166 Å². The average molecular weight is 392 g/mol. The fraction of sp³-hybridized carbons (Fsp3) is 0.300. The number of nitrogens with one attached hydrogen (secondary N) is 2. The molecule has 4 N–H and O–H groups in total. The van der Waals surface area contributed by atoms with Gasteiger partial charge in [-0.3, -0.25) is 5.10 Å². The van der Waals surface area contributed by atoms with E-state index in [2.05, 4.69) is 30.1 Å². The molecular weight excluding hydrogens is 371 g/mol. The van der Waals surface area contributed by atoms with Gasteiger partial charge in [-0.05, 0) is 44.0 Å². The molecule has 29 heavy (non-hydrogen) atoms. The fourth-order valence-corrected chi connectivity index (χ4v) is 3.40. The summed E-state index contributed by atoms with van der Waals surface area (Å²) in [5, 5.41) is 7.22. The van der Waals surface area contributed by atoms with Crippen LogP contribution in [0.4, 0.5) is 16.2 Å². The Balaban J connectivity index is 1.49.